The van der Waals surface area contributed by atoms with Gasteiger partial charge < -0.3 is 10.1 Å². The number of nitrogens with zero attached hydrogens (tertiary/aromatic N) is 4. The highest BCUT2D eigenvalue weighted by atomic mass is 16.5. The van der Waals surface area contributed by atoms with E-state index < -0.39 is 0 Å². The molecule has 0 spiro atoms. The summed E-state index contributed by atoms with van der Waals surface area (Å²) in [4.78, 5) is 0. The molecular weight excluding hydrogens is 230 g/mol. The lowest BCUT2D eigenvalue weighted by molar-refractivity contribution is 0.195. The first-order chi connectivity index (χ1) is 8.72. The molecule has 6 heteroatoms. The molecule has 1 aliphatic carbocycles. The summed E-state index contributed by atoms with van der Waals surface area (Å²) in [6.45, 7) is 6.79. The molecule has 0 aliphatic heterocycles. The Hall–Kier alpha value is -1.01. The lowest BCUT2D eigenvalue weighted by atomic mass is 10.1. The van der Waals surface area contributed by atoms with Crippen molar-refractivity contribution in [2.24, 2.45) is 11.8 Å². The minimum Gasteiger partial charge on any atom is -0.383 e. The normalized spacial score (nSPS) is 18.8. The van der Waals surface area contributed by atoms with Gasteiger partial charge >= 0.3 is 0 Å². The zero-order valence-corrected chi connectivity index (χ0v) is 11.5. The maximum Gasteiger partial charge on any atom is 0.167 e. The number of tetrazole rings is 1. The van der Waals surface area contributed by atoms with Crippen LogP contribution < -0.4 is 5.32 Å². The first kappa shape index (κ1) is 13.4. The fourth-order valence-electron chi connectivity index (χ4n) is 2.21. The molecule has 1 heterocycles. The molecule has 0 bridgehead atoms. The predicted octanol–water partition coefficient (Wildman–Crippen LogP) is 1.02. The minimum absolute atomic E-state index is 0.154. The Labute approximate surface area is 108 Å². The van der Waals surface area contributed by atoms with E-state index in [-0.39, 0.29) is 6.04 Å². The van der Waals surface area contributed by atoms with E-state index in [1.165, 1.54) is 12.8 Å². The topological polar surface area (TPSA) is 64.9 Å². The van der Waals surface area contributed by atoms with Crippen LogP contribution in [-0.2, 0) is 11.3 Å². The lowest BCUT2D eigenvalue weighted by Gasteiger charge is -2.15. The number of ether oxygens (including phenoxy) is 1. The summed E-state index contributed by atoms with van der Waals surface area (Å²) in [6.07, 6.45) is 2.72. The molecule has 1 aromatic rings. The zero-order valence-electron chi connectivity index (χ0n) is 11.5. The molecule has 102 valence electrons. The van der Waals surface area contributed by atoms with Gasteiger partial charge in [-0.3, -0.25) is 0 Å². The van der Waals surface area contributed by atoms with Crippen molar-refractivity contribution in [1.82, 2.24) is 25.5 Å². The van der Waals surface area contributed by atoms with Gasteiger partial charge in [-0.25, -0.2) is 4.68 Å². The van der Waals surface area contributed by atoms with Crippen molar-refractivity contribution in [1.29, 1.82) is 0 Å². The van der Waals surface area contributed by atoms with Gasteiger partial charge in [0.05, 0.1) is 12.6 Å². The van der Waals surface area contributed by atoms with Gasteiger partial charge in [0, 0.05) is 20.2 Å². The third-order valence-electron chi connectivity index (χ3n) is 3.59. The molecule has 2 rings (SSSR count). The van der Waals surface area contributed by atoms with Crippen LogP contribution in [0.25, 0.3) is 0 Å². The molecule has 1 saturated carbocycles. The van der Waals surface area contributed by atoms with Crippen molar-refractivity contribution >= 4 is 0 Å². The van der Waals surface area contributed by atoms with Crippen molar-refractivity contribution in [2.45, 2.75) is 39.3 Å². The Morgan fingerprint density at radius 3 is 2.89 bits per heavy atom. The van der Waals surface area contributed by atoms with Crippen molar-refractivity contribution < 1.29 is 4.74 Å². The summed E-state index contributed by atoms with van der Waals surface area (Å²) >= 11 is 0. The summed E-state index contributed by atoms with van der Waals surface area (Å²) in [7, 11) is 1.70. The Balaban J connectivity index is 1.89. The third kappa shape index (κ3) is 3.49. The summed E-state index contributed by atoms with van der Waals surface area (Å²) in [6, 6.07) is 0.154. The average molecular weight is 253 g/mol. The fraction of sp³-hybridized carbons (Fsp3) is 0.917. The van der Waals surface area contributed by atoms with Crippen LogP contribution in [0, 0.1) is 11.8 Å². The van der Waals surface area contributed by atoms with Gasteiger partial charge in [0.1, 0.15) is 0 Å². The van der Waals surface area contributed by atoms with Crippen molar-refractivity contribution in [3.8, 4) is 0 Å². The second-order valence-electron chi connectivity index (χ2n) is 5.20. The first-order valence-electron chi connectivity index (χ1n) is 6.70. The van der Waals surface area contributed by atoms with Gasteiger partial charge in [0.15, 0.2) is 5.82 Å². The quantitative estimate of drug-likeness (QED) is 0.701. The van der Waals surface area contributed by atoms with Crippen LogP contribution in [0.2, 0.25) is 0 Å². The van der Waals surface area contributed by atoms with Crippen LogP contribution in [0.4, 0.5) is 0 Å². The molecule has 1 aliphatic rings. The van der Waals surface area contributed by atoms with Gasteiger partial charge in [-0.15, -0.1) is 5.10 Å². The largest absolute Gasteiger partial charge is 0.383 e. The second-order valence-corrected chi connectivity index (χ2v) is 5.20. The highest BCUT2D eigenvalue weighted by molar-refractivity contribution is 4.91. The molecular formula is C12H23N5O. The van der Waals surface area contributed by atoms with Crippen LogP contribution in [0.15, 0.2) is 0 Å². The monoisotopic (exact) mass is 253 g/mol. The molecule has 6 nitrogen and oxygen atoms in total. The lowest BCUT2D eigenvalue weighted by Crippen LogP contribution is -2.26. The Morgan fingerprint density at radius 2 is 2.22 bits per heavy atom. The number of nitrogens with one attached hydrogen (secondary N) is 1. The Bertz CT molecular complexity index is 363. The standard InChI is InChI=1S/C12H23N5O/c1-9(11-4-5-11)8-17-12(14-15-16-17)10(2)13-6-7-18-3/h9-11,13H,4-8H2,1-3H3. The molecule has 0 radical (unpaired) electrons. The SMILES string of the molecule is COCCNC(C)c1nnnn1CC(C)C1CC1. The first-order valence-corrected chi connectivity index (χ1v) is 6.70. The molecule has 18 heavy (non-hydrogen) atoms. The smallest absolute Gasteiger partial charge is 0.167 e. The summed E-state index contributed by atoms with van der Waals surface area (Å²) in [5.41, 5.74) is 0. The van der Waals surface area contributed by atoms with E-state index in [1.807, 2.05) is 4.68 Å². The predicted molar refractivity (Wildman–Crippen MR) is 68.0 cm³/mol. The van der Waals surface area contributed by atoms with Gasteiger partial charge in [-0.05, 0) is 42.0 Å². The summed E-state index contributed by atoms with van der Waals surface area (Å²) in [5, 5.41) is 15.4. The van der Waals surface area contributed by atoms with Crippen LogP contribution >= 0.6 is 0 Å². The maximum absolute atomic E-state index is 5.02. The van der Waals surface area contributed by atoms with E-state index in [0.717, 1.165) is 24.8 Å². The minimum atomic E-state index is 0.154. The average Bonchev–Trinajstić information content (AvgIpc) is 3.11. The fourth-order valence-corrected chi connectivity index (χ4v) is 2.21. The van der Waals surface area contributed by atoms with E-state index in [9.17, 15) is 0 Å². The Morgan fingerprint density at radius 1 is 1.44 bits per heavy atom. The molecule has 1 N–H and O–H groups in total. The van der Waals surface area contributed by atoms with Crippen molar-refractivity contribution in [3.63, 3.8) is 0 Å². The van der Waals surface area contributed by atoms with Crippen LogP contribution in [0.3, 0.4) is 0 Å². The third-order valence-corrected chi connectivity index (χ3v) is 3.59. The summed E-state index contributed by atoms with van der Waals surface area (Å²) < 4.78 is 6.96. The van der Waals surface area contributed by atoms with Crippen molar-refractivity contribution in [2.75, 3.05) is 20.3 Å². The van der Waals surface area contributed by atoms with Crippen molar-refractivity contribution in [3.05, 3.63) is 5.82 Å². The highest BCUT2D eigenvalue weighted by Gasteiger charge is 2.29. The molecule has 1 aromatic heterocycles. The van der Waals surface area contributed by atoms with E-state index in [1.54, 1.807) is 7.11 Å². The summed E-state index contributed by atoms with van der Waals surface area (Å²) in [5.74, 6) is 2.45. The second kappa shape index (κ2) is 6.24. The maximum atomic E-state index is 5.02. The Kier molecular flexibility index (Phi) is 4.66. The molecule has 2 atom stereocenters. The van der Waals surface area contributed by atoms with Crippen LogP contribution in [0.5, 0.6) is 0 Å². The van der Waals surface area contributed by atoms with E-state index in [2.05, 4.69) is 34.7 Å². The van der Waals surface area contributed by atoms with E-state index >= 15 is 0 Å². The van der Waals surface area contributed by atoms with Gasteiger partial charge in [-0.1, -0.05) is 6.92 Å². The van der Waals surface area contributed by atoms with Crippen LogP contribution in [-0.4, -0.2) is 40.5 Å². The molecule has 2 unspecified atom stereocenters. The van der Waals surface area contributed by atoms with Crippen LogP contribution in [0.1, 0.15) is 38.6 Å². The van der Waals surface area contributed by atoms with E-state index in [4.69, 9.17) is 4.74 Å². The molecule has 0 amide bonds. The number of aromatic nitrogens is 4. The number of hydrogen-bond donors (Lipinski definition) is 1. The molecule has 0 aromatic carbocycles. The molecule has 0 saturated heterocycles. The van der Waals surface area contributed by atoms with E-state index in [0.29, 0.717) is 12.5 Å². The number of hydrogen-bond acceptors (Lipinski definition) is 5. The molecule has 1 fully saturated rings. The van der Waals surface area contributed by atoms with Gasteiger partial charge in [-0.2, -0.15) is 0 Å². The zero-order chi connectivity index (χ0) is 13.0. The number of methoxy groups -OCH3 is 1. The van der Waals surface area contributed by atoms with Gasteiger partial charge in [0.2, 0.25) is 0 Å². The highest BCUT2D eigenvalue weighted by Crippen LogP contribution is 2.37. The van der Waals surface area contributed by atoms with Gasteiger partial charge in [0.25, 0.3) is 0 Å². The number of rotatable bonds is 8.